The zero-order chi connectivity index (χ0) is 17.5. The average molecular weight is 324 g/mol. The van der Waals surface area contributed by atoms with Crippen molar-refractivity contribution < 1.29 is 19.1 Å². The normalized spacial score (nSPS) is 10.2. The van der Waals surface area contributed by atoms with E-state index in [1.54, 1.807) is 6.92 Å². The molecule has 0 saturated carbocycles. The Morgan fingerprint density at radius 1 is 0.739 bits per heavy atom. The third-order valence-electron chi connectivity index (χ3n) is 3.57. The molecular formula is C19H32O4. The van der Waals surface area contributed by atoms with Crippen molar-refractivity contribution in [1.82, 2.24) is 0 Å². The highest BCUT2D eigenvalue weighted by Crippen LogP contribution is 2.09. The van der Waals surface area contributed by atoms with Gasteiger partial charge in [0.15, 0.2) is 0 Å². The maximum atomic E-state index is 11.4. The molecule has 0 unspecified atom stereocenters. The number of carbonyl (C=O) groups excluding carboxylic acids is 2. The van der Waals surface area contributed by atoms with Crippen molar-refractivity contribution in [1.29, 1.82) is 0 Å². The molecule has 4 nitrogen and oxygen atoms in total. The topological polar surface area (TPSA) is 52.6 Å². The zero-order valence-electron chi connectivity index (χ0n) is 14.8. The minimum atomic E-state index is -0.298. The number of esters is 2. The SMILES string of the molecule is C=C(C)C(=O)OCCCCCCCCCCOC(=O)C(=C)CC. The predicted octanol–water partition coefficient (Wildman–Crippen LogP) is 4.74. The van der Waals surface area contributed by atoms with Crippen LogP contribution < -0.4 is 0 Å². The summed E-state index contributed by atoms with van der Waals surface area (Å²) in [5.41, 5.74) is 0.994. The summed E-state index contributed by atoms with van der Waals surface area (Å²) in [4.78, 5) is 22.5. The average Bonchev–Trinajstić information content (AvgIpc) is 2.54. The zero-order valence-corrected chi connectivity index (χ0v) is 14.8. The summed E-state index contributed by atoms with van der Waals surface area (Å²) >= 11 is 0. The highest BCUT2D eigenvalue weighted by molar-refractivity contribution is 5.87. The van der Waals surface area contributed by atoms with Gasteiger partial charge >= 0.3 is 11.9 Å². The number of rotatable bonds is 14. The van der Waals surface area contributed by atoms with Crippen LogP contribution >= 0.6 is 0 Å². The Morgan fingerprint density at radius 2 is 1.13 bits per heavy atom. The Kier molecular flexibility index (Phi) is 13.1. The molecule has 0 N–H and O–H groups in total. The van der Waals surface area contributed by atoms with E-state index in [9.17, 15) is 9.59 Å². The van der Waals surface area contributed by atoms with Crippen LogP contribution in [0.4, 0.5) is 0 Å². The van der Waals surface area contributed by atoms with Crippen LogP contribution in [0.5, 0.6) is 0 Å². The summed E-state index contributed by atoms with van der Waals surface area (Å²) < 4.78 is 10.2. The number of ether oxygens (including phenoxy) is 2. The molecule has 0 radical (unpaired) electrons. The molecule has 0 spiro atoms. The number of carbonyl (C=O) groups is 2. The van der Waals surface area contributed by atoms with E-state index < -0.39 is 0 Å². The third-order valence-corrected chi connectivity index (χ3v) is 3.57. The Bertz CT molecular complexity index is 385. The van der Waals surface area contributed by atoms with E-state index in [2.05, 4.69) is 13.2 Å². The smallest absolute Gasteiger partial charge is 0.333 e. The van der Waals surface area contributed by atoms with Gasteiger partial charge in [0.1, 0.15) is 0 Å². The molecule has 0 aromatic carbocycles. The first-order valence-electron chi connectivity index (χ1n) is 8.66. The molecule has 0 heterocycles. The minimum Gasteiger partial charge on any atom is -0.462 e. The van der Waals surface area contributed by atoms with Crippen LogP contribution in [-0.2, 0) is 19.1 Å². The largest absolute Gasteiger partial charge is 0.462 e. The molecule has 0 saturated heterocycles. The molecule has 0 fully saturated rings. The van der Waals surface area contributed by atoms with Crippen LogP contribution in [0.1, 0.15) is 71.6 Å². The maximum Gasteiger partial charge on any atom is 0.333 e. The van der Waals surface area contributed by atoms with Crippen LogP contribution in [-0.4, -0.2) is 25.2 Å². The summed E-state index contributed by atoms with van der Waals surface area (Å²) in [6.07, 6.45) is 9.36. The van der Waals surface area contributed by atoms with Gasteiger partial charge in [-0.3, -0.25) is 0 Å². The number of unbranched alkanes of at least 4 members (excludes halogenated alkanes) is 7. The quantitative estimate of drug-likeness (QED) is 0.263. The van der Waals surface area contributed by atoms with E-state index in [1.165, 1.54) is 12.8 Å². The van der Waals surface area contributed by atoms with Gasteiger partial charge < -0.3 is 9.47 Å². The molecule has 23 heavy (non-hydrogen) atoms. The summed E-state index contributed by atoms with van der Waals surface area (Å²) in [6.45, 7) is 11.7. The van der Waals surface area contributed by atoms with Crippen molar-refractivity contribution >= 4 is 11.9 Å². The predicted molar refractivity (Wildman–Crippen MR) is 93.1 cm³/mol. The Balaban J connectivity index is 3.25. The minimum absolute atomic E-state index is 0.264. The Hall–Kier alpha value is -1.58. The lowest BCUT2D eigenvalue weighted by molar-refractivity contribution is -0.140. The van der Waals surface area contributed by atoms with Crippen LogP contribution in [0, 0.1) is 0 Å². The van der Waals surface area contributed by atoms with Crippen molar-refractivity contribution in [2.45, 2.75) is 71.6 Å². The highest BCUT2D eigenvalue weighted by atomic mass is 16.5. The van der Waals surface area contributed by atoms with Crippen molar-refractivity contribution in [2.24, 2.45) is 0 Å². The van der Waals surface area contributed by atoms with Gasteiger partial charge in [-0.25, -0.2) is 9.59 Å². The summed E-state index contributed by atoms with van der Waals surface area (Å²) in [5.74, 6) is -0.562. The summed E-state index contributed by atoms with van der Waals surface area (Å²) in [7, 11) is 0. The van der Waals surface area contributed by atoms with Gasteiger partial charge in [0, 0.05) is 11.1 Å². The molecule has 0 aliphatic rings. The lowest BCUT2D eigenvalue weighted by Gasteiger charge is -2.06. The van der Waals surface area contributed by atoms with Crippen LogP contribution in [0.25, 0.3) is 0 Å². The first kappa shape index (κ1) is 21.4. The van der Waals surface area contributed by atoms with E-state index in [0.717, 1.165) is 38.5 Å². The standard InChI is InChI=1S/C19H32O4/c1-5-17(4)19(21)23-15-13-11-9-7-6-8-10-12-14-22-18(20)16(2)3/h2,4-15H2,1,3H3. The van der Waals surface area contributed by atoms with Gasteiger partial charge in [-0.1, -0.05) is 58.6 Å². The van der Waals surface area contributed by atoms with Gasteiger partial charge in [-0.05, 0) is 26.2 Å². The molecule has 0 amide bonds. The fourth-order valence-electron chi connectivity index (χ4n) is 1.96. The maximum absolute atomic E-state index is 11.4. The van der Waals surface area contributed by atoms with Crippen LogP contribution in [0.2, 0.25) is 0 Å². The number of hydrogen-bond donors (Lipinski definition) is 0. The van der Waals surface area contributed by atoms with Crippen molar-refractivity contribution in [2.75, 3.05) is 13.2 Å². The fraction of sp³-hybridized carbons (Fsp3) is 0.684. The van der Waals surface area contributed by atoms with Crippen molar-refractivity contribution in [3.05, 3.63) is 24.3 Å². The van der Waals surface area contributed by atoms with E-state index in [4.69, 9.17) is 9.47 Å². The number of hydrogen-bond acceptors (Lipinski definition) is 4. The monoisotopic (exact) mass is 324 g/mol. The van der Waals surface area contributed by atoms with E-state index in [-0.39, 0.29) is 11.9 Å². The summed E-state index contributed by atoms with van der Waals surface area (Å²) in [6, 6.07) is 0. The molecule has 0 aliphatic heterocycles. The third kappa shape index (κ3) is 12.6. The molecule has 0 bridgehead atoms. The Morgan fingerprint density at radius 3 is 1.52 bits per heavy atom. The van der Waals surface area contributed by atoms with Crippen LogP contribution in [0.3, 0.4) is 0 Å². The molecule has 0 atom stereocenters. The molecule has 4 heteroatoms. The van der Waals surface area contributed by atoms with Gasteiger partial charge in [0.2, 0.25) is 0 Å². The molecule has 0 rings (SSSR count). The second-order valence-corrected chi connectivity index (χ2v) is 5.84. The van der Waals surface area contributed by atoms with Gasteiger partial charge in [0.25, 0.3) is 0 Å². The molecule has 132 valence electrons. The molecule has 0 aromatic rings. The first-order valence-corrected chi connectivity index (χ1v) is 8.66. The first-order chi connectivity index (χ1) is 11.0. The fourth-order valence-corrected chi connectivity index (χ4v) is 1.96. The van der Waals surface area contributed by atoms with Crippen molar-refractivity contribution in [3.8, 4) is 0 Å². The second kappa shape index (κ2) is 14.0. The van der Waals surface area contributed by atoms with Gasteiger partial charge in [-0.2, -0.15) is 0 Å². The van der Waals surface area contributed by atoms with E-state index in [1.807, 2.05) is 6.92 Å². The van der Waals surface area contributed by atoms with Gasteiger partial charge in [0.05, 0.1) is 13.2 Å². The molecular weight excluding hydrogens is 292 g/mol. The molecule has 0 aromatic heterocycles. The Labute approximate surface area is 140 Å². The second-order valence-electron chi connectivity index (χ2n) is 5.84. The lowest BCUT2D eigenvalue weighted by atomic mass is 10.1. The van der Waals surface area contributed by atoms with Gasteiger partial charge in [-0.15, -0.1) is 0 Å². The van der Waals surface area contributed by atoms with Crippen molar-refractivity contribution in [3.63, 3.8) is 0 Å². The van der Waals surface area contributed by atoms with Crippen LogP contribution in [0.15, 0.2) is 24.3 Å². The lowest BCUT2D eigenvalue weighted by Crippen LogP contribution is -2.07. The van der Waals surface area contributed by atoms with E-state index in [0.29, 0.717) is 30.8 Å². The summed E-state index contributed by atoms with van der Waals surface area (Å²) in [5, 5.41) is 0. The van der Waals surface area contributed by atoms with E-state index >= 15 is 0 Å². The molecule has 0 aliphatic carbocycles. The highest BCUT2D eigenvalue weighted by Gasteiger charge is 2.05.